The molecule has 0 saturated heterocycles. The van der Waals surface area contributed by atoms with Crippen LogP contribution in [0.25, 0.3) is 0 Å². The van der Waals surface area contributed by atoms with Crippen molar-refractivity contribution >= 4 is 23.9 Å². The molecule has 0 aliphatic heterocycles. The van der Waals surface area contributed by atoms with Crippen LogP contribution in [0.1, 0.15) is 45.9 Å². The van der Waals surface area contributed by atoms with E-state index in [4.69, 9.17) is 15.7 Å². The van der Waals surface area contributed by atoms with E-state index in [1.165, 1.54) is 6.34 Å². The fourth-order valence-corrected chi connectivity index (χ4v) is 3.18. The van der Waals surface area contributed by atoms with Gasteiger partial charge >= 0.3 is 0 Å². The molecule has 0 aliphatic rings. The van der Waals surface area contributed by atoms with Gasteiger partial charge in [0.25, 0.3) is 0 Å². The highest BCUT2D eigenvalue weighted by molar-refractivity contribution is 5.77. The van der Waals surface area contributed by atoms with Crippen LogP contribution in [0, 0.1) is 11.3 Å². The second-order valence-corrected chi connectivity index (χ2v) is 6.84. The lowest BCUT2D eigenvalue weighted by molar-refractivity contribution is -0.136. The Morgan fingerprint density at radius 3 is 2.61 bits per heavy atom. The predicted molar refractivity (Wildman–Crippen MR) is 131 cm³/mol. The Bertz CT molecular complexity index is 910. The van der Waals surface area contributed by atoms with Crippen molar-refractivity contribution in [2.24, 2.45) is 10.7 Å². The van der Waals surface area contributed by atoms with Crippen LogP contribution in [0.15, 0.2) is 41.5 Å². The summed E-state index contributed by atoms with van der Waals surface area (Å²) in [6.45, 7) is 12.0. The highest BCUT2D eigenvalue weighted by Crippen LogP contribution is 2.15. The van der Waals surface area contributed by atoms with Crippen molar-refractivity contribution in [3.8, 4) is 6.07 Å². The van der Waals surface area contributed by atoms with Crippen LogP contribution < -0.4 is 10.6 Å². The fraction of sp³-hybridized carbons (Fsp3) is 0.458. The van der Waals surface area contributed by atoms with Crippen molar-refractivity contribution in [2.75, 3.05) is 31.1 Å². The lowest BCUT2D eigenvalue weighted by Crippen LogP contribution is -2.46. The molecule has 2 aromatic rings. The highest BCUT2D eigenvalue weighted by atomic mass is 16.5. The molecule has 0 aliphatic carbocycles. The number of carbonyl (C=O) groups is 1. The Labute approximate surface area is 196 Å². The third-order valence-corrected chi connectivity index (χ3v) is 4.74. The van der Waals surface area contributed by atoms with Gasteiger partial charge in [0, 0.05) is 31.9 Å². The summed E-state index contributed by atoms with van der Waals surface area (Å²) in [6.07, 6.45) is 2.74. The molecule has 2 N–H and O–H groups in total. The highest BCUT2D eigenvalue weighted by Gasteiger charge is 2.20. The minimum absolute atomic E-state index is 0.0339. The smallest absolute Gasteiger partial charge is 0.248 e. The van der Waals surface area contributed by atoms with E-state index in [1.54, 1.807) is 23.2 Å². The third kappa shape index (κ3) is 8.86. The Hall–Kier alpha value is -3.51. The maximum Gasteiger partial charge on any atom is 0.248 e. The van der Waals surface area contributed by atoms with E-state index in [1.807, 2.05) is 52.8 Å². The number of amides is 1. The number of nitriles is 1. The first kappa shape index (κ1) is 27.5. The average Bonchev–Trinajstić information content (AvgIpc) is 2.85. The van der Waals surface area contributed by atoms with Gasteiger partial charge in [0.2, 0.25) is 5.91 Å². The molecule has 33 heavy (non-hydrogen) atoms. The zero-order valence-electron chi connectivity index (χ0n) is 20.2. The standard InChI is InChI=1S/C22H29N7O2.C2H6/c1-4-28(13-17(3)29(5-2)21-10-9-18(11-23)12-25-21)22(30)15-31-14-19-7-6-8-20(27-19)26-16-24;1-2/h6-10,12,16-17H,4-5,13-15H2,1-3H3,(H2,24,26,27);1-2H3. The number of carbonyl (C=O) groups excluding carboxylic acids is 1. The molecule has 9 heteroatoms. The molecule has 2 aromatic heterocycles. The van der Waals surface area contributed by atoms with Crippen molar-refractivity contribution in [3.63, 3.8) is 0 Å². The molecule has 9 nitrogen and oxygen atoms in total. The van der Waals surface area contributed by atoms with E-state index in [2.05, 4.69) is 25.9 Å². The van der Waals surface area contributed by atoms with Gasteiger partial charge in [0.1, 0.15) is 18.5 Å². The monoisotopic (exact) mass is 453 g/mol. The number of rotatable bonds is 11. The Morgan fingerprint density at radius 1 is 1.27 bits per heavy atom. The second-order valence-electron chi connectivity index (χ2n) is 6.84. The zero-order chi connectivity index (χ0) is 24.6. The molecule has 2 rings (SSSR count). The first-order valence-corrected chi connectivity index (χ1v) is 11.2. The summed E-state index contributed by atoms with van der Waals surface area (Å²) >= 11 is 0. The predicted octanol–water partition coefficient (Wildman–Crippen LogP) is 3.27. The first-order valence-electron chi connectivity index (χ1n) is 11.2. The van der Waals surface area contributed by atoms with Crippen molar-refractivity contribution in [1.82, 2.24) is 14.9 Å². The van der Waals surface area contributed by atoms with Gasteiger partial charge in [-0.05, 0) is 45.0 Å². The van der Waals surface area contributed by atoms with Crippen molar-refractivity contribution in [3.05, 3.63) is 47.8 Å². The number of nitrogens with zero attached hydrogens (tertiary/aromatic N) is 6. The van der Waals surface area contributed by atoms with Crippen molar-refractivity contribution in [1.29, 1.82) is 5.26 Å². The van der Waals surface area contributed by atoms with Crippen LogP contribution in [-0.2, 0) is 16.1 Å². The van der Waals surface area contributed by atoms with Gasteiger partial charge in [-0.1, -0.05) is 19.9 Å². The van der Waals surface area contributed by atoms with Gasteiger partial charge in [-0.25, -0.2) is 15.0 Å². The molecule has 0 spiro atoms. The van der Waals surface area contributed by atoms with E-state index in [-0.39, 0.29) is 25.2 Å². The second kappa shape index (κ2) is 15.3. The minimum atomic E-state index is -0.0886. The molecule has 178 valence electrons. The molecule has 0 saturated carbocycles. The van der Waals surface area contributed by atoms with E-state index in [9.17, 15) is 4.79 Å². The molecular weight excluding hydrogens is 418 g/mol. The summed E-state index contributed by atoms with van der Waals surface area (Å²) in [4.78, 5) is 29.1. The fourth-order valence-electron chi connectivity index (χ4n) is 3.18. The summed E-state index contributed by atoms with van der Waals surface area (Å²) in [5, 5.41) is 8.95. The van der Waals surface area contributed by atoms with Gasteiger partial charge in [-0.3, -0.25) is 4.79 Å². The minimum Gasteiger partial charge on any atom is -0.390 e. The maximum absolute atomic E-state index is 12.7. The van der Waals surface area contributed by atoms with Gasteiger partial charge in [0.05, 0.1) is 24.2 Å². The van der Waals surface area contributed by atoms with Crippen LogP contribution >= 0.6 is 0 Å². The molecule has 1 atom stereocenters. The summed E-state index contributed by atoms with van der Waals surface area (Å²) in [7, 11) is 0. The SMILES string of the molecule is CC.CCN(CC(C)N(CC)c1ccc(C#N)cn1)C(=O)COCc1cccc(/N=C\N)n1. The summed E-state index contributed by atoms with van der Waals surface area (Å²) in [6, 6.07) is 11.0. The van der Waals surface area contributed by atoms with Gasteiger partial charge < -0.3 is 20.3 Å². The topological polar surface area (TPSA) is 121 Å². The van der Waals surface area contributed by atoms with E-state index < -0.39 is 0 Å². The Balaban J connectivity index is 0.00000265. The number of hydrogen-bond donors (Lipinski definition) is 1. The molecular formula is C24H35N7O2. The molecule has 0 bridgehead atoms. The number of nitrogens with two attached hydrogens (primary N) is 1. The summed E-state index contributed by atoms with van der Waals surface area (Å²) < 4.78 is 5.58. The van der Waals surface area contributed by atoms with Gasteiger partial charge in [0.15, 0.2) is 5.82 Å². The third-order valence-electron chi connectivity index (χ3n) is 4.74. The van der Waals surface area contributed by atoms with Gasteiger partial charge in [-0.15, -0.1) is 0 Å². The van der Waals surface area contributed by atoms with Crippen LogP contribution in [0.3, 0.4) is 0 Å². The number of hydrogen-bond acceptors (Lipinski definition) is 7. The summed E-state index contributed by atoms with van der Waals surface area (Å²) in [5.41, 5.74) is 6.48. The molecule has 0 radical (unpaired) electrons. The zero-order valence-corrected chi connectivity index (χ0v) is 20.2. The Kier molecular flexibility index (Phi) is 12.8. The van der Waals surface area contributed by atoms with Crippen LogP contribution in [-0.4, -0.2) is 59.4 Å². The number of ether oxygens (including phenoxy) is 1. The van der Waals surface area contributed by atoms with E-state index in [0.717, 1.165) is 12.4 Å². The number of anilines is 1. The normalized spacial score (nSPS) is 11.3. The summed E-state index contributed by atoms with van der Waals surface area (Å²) in [5.74, 6) is 1.18. The molecule has 0 aromatic carbocycles. The lowest BCUT2D eigenvalue weighted by Gasteiger charge is -2.33. The average molecular weight is 454 g/mol. The van der Waals surface area contributed by atoms with Crippen LogP contribution in [0.5, 0.6) is 0 Å². The molecule has 0 fully saturated rings. The number of aromatic nitrogens is 2. The number of aliphatic imine (C=N–C) groups is 1. The number of pyridine rings is 2. The lowest BCUT2D eigenvalue weighted by atomic mass is 10.2. The largest absolute Gasteiger partial charge is 0.390 e. The Morgan fingerprint density at radius 2 is 2.03 bits per heavy atom. The van der Waals surface area contributed by atoms with E-state index >= 15 is 0 Å². The molecule has 2 heterocycles. The maximum atomic E-state index is 12.7. The van der Waals surface area contributed by atoms with Crippen molar-refractivity contribution in [2.45, 2.75) is 47.3 Å². The van der Waals surface area contributed by atoms with Gasteiger partial charge in [-0.2, -0.15) is 5.26 Å². The van der Waals surface area contributed by atoms with Crippen LogP contribution in [0.2, 0.25) is 0 Å². The van der Waals surface area contributed by atoms with E-state index in [0.29, 0.717) is 30.2 Å². The molecule has 1 unspecified atom stereocenters. The quantitative estimate of drug-likeness (QED) is 0.409. The van der Waals surface area contributed by atoms with Crippen molar-refractivity contribution < 1.29 is 9.53 Å². The molecule has 1 amide bonds. The first-order chi connectivity index (χ1) is 16.0. The van der Waals surface area contributed by atoms with Crippen LogP contribution in [0.4, 0.5) is 11.6 Å². The number of likely N-dealkylation sites (N-methyl/N-ethyl adjacent to an activating group) is 2.